The van der Waals surface area contributed by atoms with Crippen LogP contribution in [0, 0.1) is 0 Å². The minimum absolute atomic E-state index is 0.0887. The molecule has 1 atom stereocenters. The summed E-state index contributed by atoms with van der Waals surface area (Å²) in [4.78, 5) is 25.2. The predicted molar refractivity (Wildman–Crippen MR) is 139 cm³/mol. The van der Waals surface area contributed by atoms with Crippen LogP contribution in [-0.2, 0) is 16.0 Å². The Morgan fingerprint density at radius 3 is 2.15 bits per heavy atom. The highest BCUT2D eigenvalue weighted by Crippen LogP contribution is 2.12. The summed E-state index contributed by atoms with van der Waals surface area (Å²) in [6.45, 7) is 7.23. The monoisotopic (exact) mass is 477 g/mol. The van der Waals surface area contributed by atoms with Crippen LogP contribution in [0.4, 0.5) is 0 Å². The molecule has 0 aromatic heterocycles. The average molecular weight is 478 g/mol. The first-order valence-corrected chi connectivity index (χ1v) is 13.0. The molecule has 0 saturated carbocycles. The van der Waals surface area contributed by atoms with Crippen LogP contribution in [-0.4, -0.2) is 62.2 Å². The number of hydrogen-bond acceptors (Lipinski definition) is 6. The number of carbonyl (C=O) groups excluding carboxylic acids is 2. The van der Waals surface area contributed by atoms with Gasteiger partial charge >= 0.3 is 0 Å². The molecule has 8 nitrogen and oxygen atoms in total. The van der Waals surface area contributed by atoms with Crippen molar-refractivity contribution in [3.63, 3.8) is 0 Å². The first-order valence-electron chi connectivity index (χ1n) is 13.0. The van der Waals surface area contributed by atoms with E-state index in [9.17, 15) is 14.7 Å². The largest absolute Gasteiger partial charge is 0.508 e. The van der Waals surface area contributed by atoms with Crippen molar-refractivity contribution in [2.75, 3.05) is 39.3 Å². The highest BCUT2D eigenvalue weighted by molar-refractivity contribution is 5.87. The van der Waals surface area contributed by atoms with Gasteiger partial charge in [0.1, 0.15) is 11.8 Å². The summed E-state index contributed by atoms with van der Waals surface area (Å²) in [6, 6.07) is 6.13. The van der Waals surface area contributed by atoms with Gasteiger partial charge in [-0.05, 0) is 82.5 Å². The van der Waals surface area contributed by atoms with Crippen molar-refractivity contribution >= 4 is 11.8 Å². The fourth-order valence-electron chi connectivity index (χ4n) is 3.58. The maximum atomic E-state index is 12.8. The zero-order valence-electron chi connectivity index (χ0n) is 21.0. The number of hydrogen-bond donors (Lipinski definition) is 6. The van der Waals surface area contributed by atoms with E-state index in [1.165, 1.54) is 0 Å². The third-order valence-corrected chi connectivity index (χ3v) is 5.63. The van der Waals surface area contributed by atoms with E-state index in [-0.39, 0.29) is 17.6 Å². The van der Waals surface area contributed by atoms with Gasteiger partial charge in [-0.1, -0.05) is 38.3 Å². The number of phenols is 1. The summed E-state index contributed by atoms with van der Waals surface area (Å²) in [7, 11) is 0. The minimum atomic E-state index is -0.622. The van der Waals surface area contributed by atoms with Crippen molar-refractivity contribution in [1.29, 1.82) is 0 Å². The topological polar surface area (TPSA) is 129 Å². The van der Waals surface area contributed by atoms with E-state index in [4.69, 9.17) is 5.73 Å². The molecule has 8 heteroatoms. The Kier molecular flexibility index (Phi) is 17.8. The van der Waals surface area contributed by atoms with Crippen molar-refractivity contribution < 1.29 is 14.7 Å². The molecule has 1 aromatic carbocycles. The summed E-state index contributed by atoms with van der Waals surface area (Å²) < 4.78 is 0. The Morgan fingerprint density at radius 2 is 1.50 bits per heavy atom. The lowest BCUT2D eigenvalue weighted by Crippen LogP contribution is -2.48. The number of aromatic hydroxyl groups is 1. The molecule has 0 aliphatic carbocycles. The molecular formula is C26H47N5O3. The zero-order valence-corrected chi connectivity index (χ0v) is 21.0. The number of carbonyl (C=O) groups is 2. The van der Waals surface area contributed by atoms with Gasteiger partial charge in [-0.2, -0.15) is 0 Å². The fraction of sp³-hybridized carbons (Fsp3) is 0.692. The number of amides is 2. The standard InChI is InChI=1S/C26H47N5O3/c1-2-3-4-5-10-25(33)31-24(21-22-11-13-23(32)14-12-22)26(34)30-20-9-19-29-17-7-6-16-28-18-8-15-27/h11-14,24,28-29,32H,2-10,15-21,27H2,1H3,(H,30,34)(H,31,33). The molecule has 2 amide bonds. The minimum Gasteiger partial charge on any atom is -0.508 e. The lowest BCUT2D eigenvalue weighted by Gasteiger charge is -2.19. The number of nitrogens with two attached hydrogens (primary N) is 1. The lowest BCUT2D eigenvalue weighted by molar-refractivity contribution is -0.129. The summed E-state index contributed by atoms with van der Waals surface area (Å²) in [5, 5.41) is 22.2. The molecule has 0 aliphatic heterocycles. The van der Waals surface area contributed by atoms with Crippen LogP contribution >= 0.6 is 0 Å². The molecule has 0 fully saturated rings. The molecule has 1 aromatic rings. The molecule has 0 heterocycles. The van der Waals surface area contributed by atoms with Gasteiger partial charge in [0.05, 0.1) is 0 Å². The second-order valence-electron chi connectivity index (χ2n) is 8.80. The van der Waals surface area contributed by atoms with Crippen LogP contribution in [0.1, 0.15) is 70.3 Å². The van der Waals surface area contributed by atoms with E-state index in [1.54, 1.807) is 24.3 Å². The van der Waals surface area contributed by atoms with Crippen LogP contribution < -0.4 is 27.0 Å². The molecule has 7 N–H and O–H groups in total. The van der Waals surface area contributed by atoms with Gasteiger partial charge in [-0.3, -0.25) is 9.59 Å². The molecular weight excluding hydrogens is 430 g/mol. The smallest absolute Gasteiger partial charge is 0.242 e. The van der Waals surface area contributed by atoms with Crippen molar-refractivity contribution in [2.45, 2.75) is 77.2 Å². The summed E-state index contributed by atoms with van der Waals surface area (Å²) in [6.07, 6.45) is 9.01. The van der Waals surface area contributed by atoms with Crippen LogP contribution in [0.2, 0.25) is 0 Å². The molecule has 1 unspecified atom stereocenters. The Bertz CT molecular complexity index is 654. The number of nitrogens with one attached hydrogen (secondary N) is 4. The van der Waals surface area contributed by atoms with E-state index >= 15 is 0 Å². The molecule has 34 heavy (non-hydrogen) atoms. The highest BCUT2D eigenvalue weighted by atomic mass is 16.3. The zero-order chi connectivity index (χ0) is 24.9. The predicted octanol–water partition coefficient (Wildman–Crippen LogP) is 2.20. The SMILES string of the molecule is CCCCCCC(=O)NC(Cc1ccc(O)cc1)C(=O)NCCCNCCCCNCCCN. The Hall–Kier alpha value is -2.16. The van der Waals surface area contributed by atoms with Crippen molar-refractivity contribution in [2.24, 2.45) is 5.73 Å². The van der Waals surface area contributed by atoms with E-state index in [0.717, 1.165) is 89.7 Å². The van der Waals surface area contributed by atoms with Crippen molar-refractivity contribution in [3.8, 4) is 5.75 Å². The van der Waals surface area contributed by atoms with Gasteiger partial charge in [-0.15, -0.1) is 0 Å². The number of rotatable bonds is 21. The maximum absolute atomic E-state index is 12.8. The third kappa shape index (κ3) is 15.6. The van der Waals surface area contributed by atoms with Crippen molar-refractivity contribution in [1.82, 2.24) is 21.3 Å². The second-order valence-corrected chi connectivity index (χ2v) is 8.80. The molecule has 0 aliphatic rings. The first kappa shape index (κ1) is 29.9. The third-order valence-electron chi connectivity index (χ3n) is 5.63. The first-order chi connectivity index (χ1) is 16.6. The van der Waals surface area contributed by atoms with E-state index in [0.29, 0.717) is 19.4 Å². The summed E-state index contributed by atoms with van der Waals surface area (Å²) in [5.41, 5.74) is 6.36. The summed E-state index contributed by atoms with van der Waals surface area (Å²) >= 11 is 0. The van der Waals surface area contributed by atoms with Crippen LogP contribution in [0.5, 0.6) is 5.75 Å². The average Bonchev–Trinajstić information content (AvgIpc) is 2.83. The maximum Gasteiger partial charge on any atom is 0.242 e. The molecule has 0 saturated heterocycles. The molecule has 0 spiro atoms. The summed E-state index contributed by atoms with van der Waals surface area (Å²) in [5.74, 6) is -0.0761. The van der Waals surface area contributed by atoms with Crippen molar-refractivity contribution in [3.05, 3.63) is 29.8 Å². The Morgan fingerprint density at radius 1 is 0.853 bits per heavy atom. The molecule has 1 rings (SSSR count). The Labute approximate surface area is 205 Å². The Balaban J connectivity index is 2.31. The number of phenolic OH excluding ortho intramolecular Hbond substituents is 1. The van der Waals surface area contributed by atoms with E-state index < -0.39 is 6.04 Å². The highest BCUT2D eigenvalue weighted by Gasteiger charge is 2.20. The van der Waals surface area contributed by atoms with Gasteiger partial charge < -0.3 is 32.1 Å². The number of unbranched alkanes of at least 4 members (excludes halogenated alkanes) is 4. The van der Waals surface area contributed by atoms with E-state index in [1.807, 2.05) is 0 Å². The number of benzene rings is 1. The lowest BCUT2D eigenvalue weighted by atomic mass is 10.0. The molecule has 0 bridgehead atoms. The van der Waals surface area contributed by atoms with E-state index in [2.05, 4.69) is 28.2 Å². The van der Waals surface area contributed by atoms with Crippen LogP contribution in [0.3, 0.4) is 0 Å². The van der Waals surface area contributed by atoms with Gasteiger partial charge in [0.2, 0.25) is 11.8 Å². The van der Waals surface area contributed by atoms with Crippen LogP contribution in [0.25, 0.3) is 0 Å². The quantitative estimate of drug-likeness (QED) is 0.151. The van der Waals surface area contributed by atoms with Gasteiger partial charge in [0.25, 0.3) is 0 Å². The van der Waals surface area contributed by atoms with Gasteiger partial charge in [-0.25, -0.2) is 0 Å². The van der Waals surface area contributed by atoms with Gasteiger partial charge in [0, 0.05) is 19.4 Å². The van der Waals surface area contributed by atoms with Gasteiger partial charge in [0.15, 0.2) is 0 Å². The normalized spacial score (nSPS) is 11.8. The molecule has 0 radical (unpaired) electrons. The molecule has 194 valence electrons. The van der Waals surface area contributed by atoms with Crippen LogP contribution in [0.15, 0.2) is 24.3 Å². The fourth-order valence-corrected chi connectivity index (χ4v) is 3.58. The second kappa shape index (κ2) is 20.2.